The summed E-state index contributed by atoms with van der Waals surface area (Å²) in [6.45, 7) is 3.97. The van der Waals surface area contributed by atoms with Gasteiger partial charge in [-0.3, -0.25) is 9.20 Å². The van der Waals surface area contributed by atoms with Gasteiger partial charge in [-0.2, -0.15) is 0 Å². The fourth-order valence-electron chi connectivity index (χ4n) is 4.23. The van der Waals surface area contributed by atoms with E-state index in [1.807, 2.05) is 30.3 Å². The molecule has 29 heavy (non-hydrogen) atoms. The molecule has 5 rings (SSSR count). The van der Waals surface area contributed by atoms with Crippen molar-refractivity contribution in [3.8, 4) is 11.1 Å². The topological polar surface area (TPSA) is 61.7 Å². The molecule has 0 saturated carbocycles. The van der Waals surface area contributed by atoms with Crippen molar-refractivity contribution in [2.45, 2.75) is 25.3 Å². The predicted molar refractivity (Wildman–Crippen MR) is 114 cm³/mol. The Balaban J connectivity index is 0.00000128. The highest BCUT2D eigenvalue weighted by Crippen LogP contribution is 2.30. The summed E-state index contributed by atoms with van der Waals surface area (Å²) >= 11 is 0. The van der Waals surface area contributed by atoms with Crippen molar-refractivity contribution in [1.82, 2.24) is 14.7 Å². The van der Waals surface area contributed by atoms with Crippen LogP contribution < -0.4 is 33.5 Å². The van der Waals surface area contributed by atoms with Crippen LogP contribution in [0.25, 0.3) is 16.8 Å². The Bertz CT molecular complexity index is 1040. The highest BCUT2D eigenvalue weighted by molar-refractivity contribution is 5.78. The number of nitrogens with zero attached hydrogens (tertiary/aromatic N) is 3. The van der Waals surface area contributed by atoms with E-state index in [2.05, 4.69) is 27.7 Å². The molecule has 0 bridgehead atoms. The van der Waals surface area contributed by atoms with Gasteiger partial charge in [0.05, 0.1) is 5.56 Å². The SMILES string of the molecule is O=c1c(-c2ccc(N[C@@H]3CCNC3)cc2)c(N2CCCC2)nc2ccccn12.[Cl-].[H+]. The lowest BCUT2D eigenvalue weighted by molar-refractivity contribution is -0.00000571. The molecule has 0 unspecified atom stereocenters. The second-order valence-corrected chi connectivity index (χ2v) is 7.65. The van der Waals surface area contributed by atoms with Crippen LogP contribution in [0, 0.1) is 0 Å². The van der Waals surface area contributed by atoms with Gasteiger partial charge in [0.1, 0.15) is 11.5 Å². The summed E-state index contributed by atoms with van der Waals surface area (Å²) in [7, 11) is 0. The zero-order valence-corrected chi connectivity index (χ0v) is 17.0. The first-order chi connectivity index (χ1) is 13.8. The summed E-state index contributed by atoms with van der Waals surface area (Å²) in [6.07, 6.45) is 5.23. The second-order valence-electron chi connectivity index (χ2n) is 7.65. The number of nitrogens with one attached hydrogen (secondary N) is 2. The third kappa shape index (κ3) is 3.82. The van der Waals surface area contributed by atoms with Gasteiger partial charge in [0.15, 0.2) is 0 Å². The van der Waals surface area contributed by atoms with E-state index < -0.39 is 0 Å². The Labute approximate surface area is 177 Å². The maximum atomic E-state index is 13.3. The molecular formula is C22H26ClN5O. The van der Waals surface area contributed by atoms with Crippen LogP contribution in [0.5, 0.6) is 0 Å². The zero-order chi connectivity index (χ0) is 18.9. The first-order valence-electron chi connectivity index (χ1n) is 10.1. The summed E-state index contributed by atoms with van der Waals surface area (Å²) in [5, 5.41) is 6.93. The molecule has 2 aromatic heterocycles. The largest absolute Gasteiger partial charge is 1.00 e. The molecule has 7 heteroatoms. The lowest BCUT2D eigenvalue weighted by atomic mass is 10.1. The van der Waals surface area contributed by atoms with E-state index in [0.717, 1.165) is 62.5 Å². The lowest BCUT2D eigenvalue weighted by Crippen LogP contribution is -3.00. The Kier molecular flexibility index (Phi) is 5.74. The zero-order valence-electron chi connectivity index (χ0n) is 17.3. The van der Waals surface area contributed by atoms with Gasteiger partial charge in [0.2, 0.25) is 0 Å². The minimum atomic E-state index is -0.00629. The first-order valence-corrected chi connectivity index (χ1v) is 10.1. The van der Waals surface area contributed by atoms with Gasteiger partial charge >= 0.3 is 1.43 Å². The van der Waals surface area contributed by atoms with Crippen LogP contribution in [-0.4, -0.2) is 41.6 Å². The molecular weight excluding hydrogens is 386 g/mol. The van der Waals surface area contributed by atoms with Crippen LogP contribution in [-0.2, 0) is 0 Å². The molecule has 1 aromatic carbocycles. The Morgan fingerprint density at radius 1 is 1.10 bits per heavy atom. The number of benzene rings is 1. The predicted octanol–water partition coefficient (Wildman–Crippen LogP) is -0.148. The average molecular weight is 412 g/mol. The van der Waals surface area contributed by atoms with E-state index in [0.29, 0.717) is 17.3 Å². The maximum Gasteiger partial charge on any atom is 1.00 e. The van der Waals surface area contributed by atoms with Crippen LogP contribution in [0.2, 0.25) is 0 Å². The number of anilines is 2. The van der Waals surface area contributed by atoms with Crippen LogP contribution >= 0.6 is 0 Å². The number of rotatable bonds is 4. The molecule has 6 nitrogen and oxygen atoms in total. The van der Waals surface area contributed by atoms with Crippen LogP contribution in [0.4, 0.5) is 11.5 Å². The number of fused-ring (bicyclic) bond motifs is 1. The summed E-state index contributed by atoms with van der Waals surface area (Å²) < 4.78 is 1.64. The van der Waals surface area contributed by atoms with Crippen LogP contribution in [0.3, 0.4) is 0 Å². The number of hydrogen-bond acceptors (Lipinski definition) is 5. The quantitative estimate of drug-likeness (QED) is 0.625. The summed E-state index contributed by atoms with van der Waals surface area (Å²) in [5.74, 6) is 0.814. The molecule has 2 aliphatic rings. The summed E-state index contributed by atoms with van der Waals surface area (Å²) in [5.41, 5.74) is 3.40. The van der Waals surface area contributed by atoms with Gasteiger partial charge in [-0.25, -0.2) is 4.98 Å². The van der Waals surface area contributed by atoms with Crippen LogP contribution in [0.1, 0.15) is 20.7 Å². The molecule has 0 radical (unpaired) electrons. The molecule has 0 amide bonds. The third-order valence-electron chi connectivity index (χ3n) is 5.73. The van der Waals surface area contributed by atoms with E-state index in [1.165, 1.54) is 0 Å². The number of halogens is 1. The lowest BCUT2D eigenvalue weighted by Gasteiger charge is -2.21. The molecule has 2 fully saturated rings. The first kappa shape index (κ1) is 19.7. The van der Waals surface area contributed by atoms with Crippen molar-refractivity contribution in [1.29, 1.82) is 0 Å². The Morgan fingerprint density at radius 3 is 2.62 bits per heavy atom. The second kappa shape index (κ2) is 8.43. The minimum Gasteiger partial charge on any atom is -1.00 e. The molecule has 0 aliphatic carbocycles. The number of pyridine rings is 1. The molecule has 2 saturated heterocycles. The number of hydrogen-bond donors (Lipinski definition) is 2. The standard InChI is InChI=1S/C22H25N5O.ClH/c28-22-20(16-6-8-17(9-7-16)24-18-10-11-23-15-18)21(26-12-3-4-13-26)25-19-5-1-2-14-27(19)22;/h1-2,5-9,14,18,23-24H,3-4,10-13,15H2;1H/t18-;/m1./s1. The minimum absolute atomic E-state index is 0. The Hall–Kier alpha value is -2.57. The van der Waals surface area contributed by atoms with Gasteiger partial charge in [-0.15, -0.1) is 0 Å². The fraction of sp³-hybridized carbons (Fsp3) is 0.364. The van der Waals surface area contributed by atoms with E-state index in [-0.39, 0.29) is 19.4 Å². The molecule has 2 N–H and O–H groups in total. The average Bonchev–Trinajstić information content (AvgIpc) is 3.43. The van der Waals surface area contributed by atoms with Crippen molar-refractivity contribution in [2.24, 2.45) is 0 Å². The third-order valence-corrected chi connectivity index (χ3v) is 5.73. The van der Waals surface area contributed by atoms with Gasteiger partial charge in [0, 0.05) is 37.6 Å². The fourth-order valence-corrected chi connectivity index (χ4v) is 4.23. The normalized spacial score (nSPS) is 18.8. The van der Waals surface area contributed by atoms with Gasteiger partial charge in [-0.05, 0) is 55.6 Å². The molecule has 3 aromatic rings. The summed E-state index contributed by atoms with van der Waals surface area (Å²) in [6, 6.07) is 14.4. The van der Waals surface area contributed by atoms with Crippen molar-refractivity contribution < 1.29 is 13.8 Å². The molecule has 2 aliphatic heterocycles. The molecule has 152 valence electrons. The van der Waals surface area contributed by atoms with Crippen molar-refractivity contribution in [3.63, 3.8) is 0 Å². The van der Waals surface area contributed by atoms with E-state index in [4.69, 9.17) is 4.98 Å². The van der Waals surface area contributed by atoms with E-state index in [9.17, 15) is 4.79 Å². The maximum absolute atomic E-state index is 13.3. The van der Waals surface area contributed by atoms with Gasteiger partial charge in [0.25, 0.3) is 5.56 Å². The van der Waals surface area contributed by atoms with E-state index in [1.54, 1.807) is 10.6 Å². The van der Waals surface area contributed by atoms with Crippen molar-refractivity contribution in [3.05, 3.63) is 59.0 Å². The molecule has 1 atom stereocenters. The van der Waals surface area contributed by atoms with Crippen molar-refractivity contribution in [2.75, 3.05) is 36.4 Å². The highest BCUT2D eigenvalue weighted by Gasteiger charge is 2.22. The van der Waals surface area contributed by atoms with Gasteiger partial charge in [-0.1, -0.05) is 18.2 Å². The molecule has 4 heterocycles. The highest BCUT2D eigenvalue weighted by atomic mass is 35.5. The summed E-state index contributed by atoms with van der Waals surface area (Å²) in [4.78, 5) is 20.5. The smallest absolute Gasteiger partial charge is 1.00 e. The van der Waals surface area contributed by atoms with Crippen molar-refractivity contribution >= 4 is 17.2 Å². The molecule has 0 spiro atoms. The Morgan fingerprint density at radius 2 is 1.90 bits per heavy atom. The number of aromatic nitrogens is 2. The van der Waals surface area contributed by atoms with Crippen LogP contribution in [0.15, 0.2) is 53.5 Å². The van der Waals surface area contributed by atoms with E-state index >= 15 is 0 Å². The monoisotopic (exact) mass is 411 g/mol. The van der Waals surface area contributed by atoms with Gasteiger partial charge < -0.3 is 27.9 Å².